The van der Waals surface area contributed by atoms with E-state index in [1.165, 1.54) is 17.7 Å². The fourth-order valence-corrected chi connectivity index (χ4v) is 3.59. The van der Waals surface area contributed by atoms with Gasteiger partial charge in [0, 0.05) is 17.0 Å². The molecular formula is C15H20N2OS. The zero-order valence-electron chi connectivity index (χ0n) is 11.2. The van der Waals surface area contributed by atoms with Crippen LogP contribution in [0.3, 0.4) is 0 Å². The highest BCUT2D eigenvalue weighted by molar-refractivity contribution is 7.10. The number of nitrogens with zero attached hydrogens (tertiary/aromatic N) is 1. The lowest BCUT2D eigenvalue weighted by Gasteiger charge is -2.33. The van der Waals surface area contributed by atoms with Crippen molar-refractivity contribution in [3.05, 3.63) is 46.5 Å². The summed E-state index contributed by atoms with van der Waals surface area (Å²) in [5.74, 6) is 1.02. The SMILES string of the molecule is CC(N)C(c1cccs1)N(Cc1ccco1)C1CC1. The van der Waals surface area contributed by atoms with Gasteiger partial charge in [0.2, 0.25) is 0 Å². The molecule has 0 saturated heterocycles. The minimum absolute atomic E-state index is 0.120. The van der Waals surface area contributed by atoms with Gasteiger partial charge in [0.05, 0.1) is 18.8 Å². The summed E-state index contributed by atoms with van der Waals surface area (Å²) in [6.07, 6.45) is 4.29. The molecule has 2 unspecified atom stereocenters. The van der Waals surface area contributed by atoms with Crippen molar-refractivity contribution in [1.29, 1.82) is 0 Å². The molecule has 1 fully saturated rings. The maximum absolute atomic E-state index is 6.26. The van der Waals surface area contributed by atoms with E-state index in [1.807, 2.05) is 12.1 Å². The highest BCUT2D eigenvalue weighted by Crippen LogP contribution is 2.38. The average Bonchev–Trinajstić information content (AvgIpc) is 2.88. The van der Waals surface area contributed by atoms with Crippen LogP contribution in [-0.4, -0.2) is 17.0 Å². The van der Waals surface area contributed by atoms with E-state index in [9.17, 15) is 0 Å². The first-order valence-corrected chi connectivity index (χ1v) is 7.71. The number of hydrogen-bond donors (Lipinski definition) is 1. The van der Waals surface area contributed by atoms with E-state index >= 15 is 0 Å². The van der Waals surface area contributed by atoms with Crippen LogP contribution in [0.4, 0.5) is 0 Å². The Labute approximate surface area is 118 Å². The van der Waals surface area contributed by atoms with Crippen molar-refractivity contribution in [2.45, 2.75) is 44.4 Å². The number of furan rings is 1. The Hall–Kier alpha value is -1.10. The summed E-state index contributed by atoms with van der Waals surface area (Å²) in [6.45, 7) is 2.95. The molecule has 3 nitrogen and oxygen atoms in total. The van der Waals surface area contributed by atoms with Gasteiger partial charge >= 0.3 is 0 Å². The van der Waals surface area contributed by atoms with Gasteiger partial charge in [-0.05, 0) is 43.3 Å². The molecule has 0 aromatic carbocycles. The lowest BCUT2D eigenvalue weighted by atomic mass is 10.1. The molecule has 2 atom stereocenters. The minimum atomic E-state index is 0.120. The standard InChI is InChI=1S/C15H20N2OS/c1-11(16)15(14-5-3-9-19-14)17(12-6-7-12)10-13-4-2-8-18-13/h2-5,8-9,11-12,15H,6-7,10,16H2,1H3. The first-order valence-electron chi connectivity index (χ1n) is 6.83. The average molecular weight is 276 g/mol. The van der Waals surface area contributed by atoms with E-state index < -0.39 is 0 Å². The predicted molar refractivity (Wildman–Crippen MR) is 78.0 cm³/mol. The van der Waals surface area contributed by atoms with Gasteiger partial charge in [0.1, 0.15) is 5.76 Å². The third-order valence-corrected chi connectivity index (χ3v) is 4.57. The fourth-order valence-electron chi connectivity index (χ4n) is 2.63. The van der Waals surface area contributed by atoms with Gasteiger partial charge in [0.15, 0.2) is 0 Å². The van der Waals surface area contributed by atoms with Crippen molar-refractivity contribution in [2.24, 2.45) is 5.73 Å². The van der Waals surface area contributed by atoms with E-state index in [0.717, 1.165) is 12.3 Å². The zero-order valence-corrected chi connectivity index (χ0v) is 12.0. The summed E-state index contributed by atoms with van der Waals surface area (Å²) in [6, 6.07) is 9.35. The summed E-state index contributed by atoms with van der Waals surface area (Å²) in [5.41, 5.74) is 6.26. The second-order valence-corrected chi connectivity index (χ2v) is 6.28. The molecule has 0 radical (unpaired) electrons. The number of hydrogen-bond acceptors (Lipinski definition) is 4. The summed E-state index contributed by atoms with van der Waals surface area (Å²) in [7, 11) is 0. The highest BCUT2D eigenvalue weighted by atomic mass is 32.1. The van der Waals surface area contributed by atoms with Crippen LogP contribution in [-0.2, 0) is 6.54 Å². The van der Waals surface area contributed by atoms with Crippen LogP contribution in [0.25, 0.3) is 0 Å². The molecule has 1 aliphatic carbocycles. The van der Waals surface area contributed by atoms with E-state index in [2.05, 4.69) is 29.3 Å². The van der Waals surface area contributed by atoms with Gasteiger partial charge in [0.25, 0.3) is 0 Å². The first-order chi connectivity index (χ1) is 9.25. The molecule has 2 N–H and O–H groups in total. The molecule has 0 bridgehead atoms. The van der Waals surface area contributed by atoms with E-state index in [-0.39, 0.29) is 12.1 Å². The van der Waals surface area contributed by atoms with Gasteiger partial charge in [-0.3, -0.25) is 4.90 Å². The Bertz CT molecular complexity index is 488. The largest absolute Gasteiger partial charge is 0.468 e. The van der Waals surface area contributed by atoms with Crippen molar-refractivity contribution in [3.8, 4) is 0 Å². The van der Waals surface area contributed by atoms with E-state index in [4.69, 9.17) is 10.2 Å². The van der Waals surface area contributed by atoms with Crippen LogP contribution in [0.1, 0.15) is 36.4 Å². The van der Waals surface area contributed by atoms with Gasteiger partial charge in [-0.15, -0.1) is 11.3 Å². The number of nitrogens with two attached hydrogens (primary N) is 1. The van der Waals surface area contributed by atoms with E-state index in [0.29, 0.717) is 6.04 Å². The molecule has 1 saturated carbocycles. The first kappa shape index (κ1) is 12.9. The summed E-state index contributed by atoms with van der Waals surface area (Å²) < 4.78 is 5.51. The van der Waals surface area contributed by atoms with Crippen molar-refractivity contribution in [1.82, 2.24) is 4.90 Å². The number of rotatable bonds is 6. The quantitative estimate of drug-likeness (QED) is 0.879. The molecule has 0 spiro atoms. The topological polar surface area (TPSA) is 42.4 Å². The Kier molecular flexibility index (Phi) is 3.73. The molecule has 0 amide bonds. The van der Waals surface area contributed by atoms with Gasteiger partial charge in [-0.2, -0.15) is 0 Å². The van der Waals surface area contributed by atoms with Crippen LogP contribution in [0.15, 0.2) is 40.3 Å². The second-order valence-electron chi connectivity index (χ2n) is 5.30. The van der Waals surface area contributed by atoms with Crippen LogP contribution in [0.5, 0.6) is 0 Å². The molecule has 0 aliphatic heterocycles. The normalized spacial score (nSPS) is 18.7. The smallest absolute Gasteiger partial charge is 0.117 e. The van der Waals surface area contributed by atoms with Crippen molar-refractivity contribution < 1.29 is 4.42 Å². The molecule has 3 rings (SSSR count). The predicted octanol–water partition coefficient (Wildman–Crippen LogP) is 3.39. The minimum Gasteiger partial charge on any atom is -0.468 e. The van der Waals surface area contributed by atoms with Gasteiger partial charge < -0.3 is 10.2 Å². The number of thiophene rings is 1. The molecule has 4 heteroatoms. The second kappa shape index (κ2) is 5.49. The maximum Gasteiger partial charge on any atom is 0.117 e. The molecule has 2 heterocycles. The lowest BCUT2D eigenvalue weighted by Crippen LogP contribution is -2.40. The van der Waals surface area contributed by atoms with Crippen LogP contribution in [0.2, 0.25) is 0 Å². The molecule has 102 valence electrons. The Morgan fingerprint density at radius 3 is 2.79 bits per heavy atom. The molecular weight excluding hydrogens is 256 g/mol. The van der Waals surface area contributed by atoms with Crippen molar-refractivity contribution in [3.63, 3.8) is 0 Å². The molecule has 2 aromatic rings. The van der Waals surface area contributed by atoms with Crippen LogP contribution >= 0.6 is 11.3 Å². The summed E-state index contributed by atoms with van der Waals surface area (Å²) in [4.78, 5) is 3.86. The summed E-state index contributed by atoms with van der Waals surface area (Å²) in [5, 5.41) is 2.13. The Morgan fingerprint density at radius 1 is 1.42 bits per heavy atom. The Morgan fingerprint density at radius 2 is 2.26 bits per heavy atom. The van der Waals surface area contributed by atoms with Crippen LogP contribution in [0, 0.1) is 0 Å². The van der Waals surface area contributed by atoms with Crippen LogP contribution < -0.4 is 5.73 Å². The monoisotopic (exact) mass is 276 g/mol. The zero-order chi connectivity index (χ0) is 13.2. The van der Waals surface area contributed by atoms with Crippen molar-refractivity contribution >= 4 is 11.3 Å². The third-order valence-electron chi connectivity index (χ3n) is 3.62. The van der Waals surface area contributed by atoms with Crippen molar-refractivity contribution in [2.75, 3.05) is 0 Å². The van der Waals surface area contributed by atoms with Gasteiger partial charge in [-0.25, -0.2) is 0 Å². The summed E-state index contributed by atoms with van der Waals surface area (Å²) >= 11 is 1.79. The molecule has 2 aromatic heterocycles. The Balaban J connectivity index is 1.84. The maximum atomic E-state index is 6.26. The lowest BCUT2D eigenvalue weighted by molar-refractivity contribution is 0.148. The molecule has 1 aliphatic rings. The third kappa shape index (κ3) is 2.91. The molecule has 19 heavy (non-hydrogen) atoms. The highest BCUT2D eigenvalue weighted by Gasteiger charge is 2.37. The van der Waals surface area contributed by atoms with E-state index in [1.54, 1.807) is 17.6 Å². The fraction of sp³-hybridized carbons (Fsp3) is 0.467. The van der Waals surface area contributed by atoms with Gasteiger partial charge in [-0.1, -0.05) is 6.07 Å².